The first-order chi connectivity index (χ1) is 9.75. The lowest BCUT2D eigenvalue weighted by Gasteiger charge is -2.33. The first-order valence-corrected chi connectivity index (χ1v) is 7.41. The summed E-state index contributed by atoms with van der Waals surface area (Å²) in [6.45, 7) is 4.25. The Balaban J connectivity index is 1.95. The molecule has 6 nitrogen and oxygen atoms in total. The van der Waals surface area contributed by atoms with Gasteiger partial charge in [-0.3, -0.25) is 9.89 Å². The van der Waals surface area contributed by atoms with E-state index in [2.05, 4.69) is 27.3 Å². The van der Waals surface area contributed by atoms with E-state index >= 15 is 0 Å². The molecule has 0 saturated heterocycles. The highest BCUT2D eigenvalue weighted by molar-refractivity contribution is 7.18. The van der Waals surface area contributed by atoms with Crippen LogP contribution in [0.3, 0.4) is 0 Å². The zero-order valence-electron chi connectivity index (χ0n) is 11.0. The van der Waals surface area contributed by atoms with Gasteiger partial charge >= 0.3 is 0 Å². The number of H-pyrrole nitrogens is 1. The fourth-order valence-corrected chi connectivity index (χ4v) is 3.90. The van der Waals surface area contributed by atoms with Crippen LogP contribution in [-0.4, -0.2) is 41.8 Å². The summed E-state index contributed by atoms with van der Waals surface area (Å²) < 4.78 is 5.86. The van der Waals surface area contributed by atoms with E-state index in [4.69, 9.17) is 4.74 Å². The van der Waals surface area contributed by atoms with Crippen molar-refractivity contribution in [2.24, 2.45) is 0 Å². The molecule has 0 aromatic carbocycles. The van der Waals surface area contributed by atoms with Crippen molar-refractivity contribution in [1.82, 2.24) is 15.5 Å². The quantitative estimate of drug-likeness (QED) is 0.834. The molecule has 1 atom stereocenters. The Labute approximate surface area is 119 Å². The number of ether oxygens (including phenoxy) is 1. The fourth-order valence-electron chi connectivity index (χ4n) is 2.75. The van der Waals surface area contributed by atoms with Crippen molar-refractivity contribution in [2.75, 3.05) is 24.6 Å². The van der Waals surface area contributed by atoms with Crippen molar-refractivity contribution >= 4 is 22.9 Å². The van der Waals surface area contributed by atoms with Crippen LogP contribution >= 0.6 is 11.3 Å². The number of hydrogen-bond acceptors (Lipinski definition) is 5. The third-order valence-corrected chi connectivity index (χ3v) is 4.97. The smallest absolute Gasteiger partial charge is 0.263 e. The average molecular weight is 290 g/mol. The van der Waals surface area contributed by atoms with Crippen molar-refractivity contribution in [3.05, 3.63) is 17.3 Å². The molecule has 0 saturated carbocycles. The molecule has 1 amide bonds. The van der Waals surface area contributed by atoms with Gasteiger partial charge in [-0.05, 0) is 6.92 Å². The molecule has 2 N–H and O–H groups in total. The van der Waals surface area contributed by atoms with Crippen molar-refractivity contribution in [2.45, 2.75) is 13.0 Å². The van der Waals surface area contributed by atoms with E-state index in [9.17, 15) is 4.79 Å². The summed E-state index contributed by atoms with van der Waals surface area (Å²) in [7, 11) is 0. The van der Waals surface area contributed by atoms with Crippen LogP contribution in [-0.2, 0) is 0 Å². The lowest BCUT2D eigenvalue weighted by atomic mass is 10.2. The Bertz CT molecular complexity index is 664. The average Bonchev–Trinajstić information content (AvgIpc) is 3.08. The second kappa shape index (κ2) is 4.24. The number of nitrogens with one attached hydrogen (secondary N) is 2. The van der Waals surface area contributed by atoms with Gasteiger partial charge in [-0.25, -0.2) is 0 Å². The Hall–Kier alpha value is -2.02. The number of thiophene rings is 1. The highest BCUT2D eigenvalue weighted by Gasteiger charge is 2.35. The van der Waals surface area contributed by atoms with Gasteiger partial charge < -0.3 is 15.0 Å². The lowest BCUT2D eigenvalue weighted by Crippen LogP contribution is -2.42. The molecule has 0 spiro atoms. The molecule has 2 aliphatic rings. The highest BCUT2D eigenvalue weighted by atomic mass is 32.1. The van der Waals surface area contributed by atoms with Crippen LogP contribution in [0.5, 0.6) is 5.75 Å². The van der Waals surface area contributed by atoms with Gasteiger partial charge in [0.05, 0.1) is 17.6 Å². The molecule has 2 aromatic rings. The van der Waals surface area contributed by atoms with Crippen LogP contribution < -0.4 is 15.0 Å². The molecule has 0 aliphatic carbocycles. The molecule has 4 heterocycles. The molecule has 2 aromatic heterocycles. The summed E-state index contributed by atoms with van der Waals surface area (Å²) in [5, 5.41) is 9.77. The number of anilines is 1. The van der Waals surface area contributed by atoms with E-state index in [1.807, 2.05) is 6.20 Å². The first-order valence-electron chi connectivity index (χ1n) is 6.59. The molecular weight excluding hydrogens is 276 g/mol. The molecule has 0 fully saturated rings. The molecule has 104 valence electrons. The van der Waals surface area contributed by atoms with Gasteiger partial charge in [0.25, 0.3) is 5.91 Å². The van der Waals surface area contributed by atoms with E-state index in [1.165, 1.54) is 11.3 Å². The van der Waals surface area contributed by atoms with Gasteiger partial charge in [-0.2, -0.15) is 5.10 Å². The van der Waals surface area contributed by atoms with Crippen molar-refractivity contribution in [1.29, 1.82) is 0 Å². The van der Waals surface area contributed by atoms with Crippen LogP contribution in [0.15, 0.2) is 12.4 Å². The largest absolute Gasteiger partial charge is 0.488 e. The second-order valence-electron chi connectivity index (χ2n) is 5.03. The Kier molecular flexibility index (Phi) is 2.50. The SMILES string of the molecule is C[C@H]1CNC(=O)c2sc(-c3cn[nH]c3)c3c2N1CCO3. The third kappa shape index (κ3) is 1.56. The zero-order valence-corrected chi connectivity index (χ0v) is 11.8. The fraction of sp³-hybridized carbons (Fsp3) is 0.385. The van der Waals surface area contributed by atoms with E-state index in [1.54, 1.807) is 6.20 Å². The van der Waals surface area contributed by atoms with Gasteiger partial charge in [-0.15, -0.1) is 11.3 Å². The van der Waals surface area contributed by atoms with E-state index in [-0.39, 0.29) is 11.9 Å². The minimum Gasteiger partial charge on any atom is -0.488 e. The number of carbonyl (C=O) groups excluding carboxylic acids is 1. The van der Waals surface area contributed by atoms with Crippen molar-refractivity contribution < 1.29 is 9.53 Å². The number of amides is 1. The normalized spacial score (nSPS) is 20.9. The minimum atomic E-state index is -0.0131. The molecule has 7 heteroatoms. The Morgan fingerprint density at radius 3 is 3.20 bits per heavy atom. The summed E-state index contributed by atoms with van der Waals surface area (Å²) in [6, 6.07) is 0.273. The summed E-state index contributed by atoms with van der Waals surface area (Å²) in [6.07, 6.45) is 3.58. The number of nitrogens with zero attached hydrogens (tertiary/aromatic N) is 2. The molecular formula is C13H14N4O2S. The molecule has 0 bridgehead atoms. The van der Waals surface area contributed by atoms with Gasteiger partial charge in [0.15, 0.2) is 5.75 Å². The minimum absolute atomic E-state index is 0.0131. The van der Waals surface area contributed by atoms with Crippen LogP contribution in [0, 0.1) is 0 Å². The maximum absolute atomic E-state index is 12.3. The van der Waals surface area contributed by atoms with Gasteiger partial charge in [0.2, 0.25) is 0 Å². The van der Waals surface area contributed by atoms with Gasteiger partial charge in [0.1, 0.15) is 17.2 Å². The third-order valence-electron chi connectivity index (χ3n) is 3.76. The standard InChI is InChI=1S/C13H14N4O2S/c1-7-4-14-13(18)12-9-10(19-3-2-17(7)9)11(20-12)8-5-15-16-6-8/h5-7H,2-4H2,1H3,(H,14,18)(H,15,16)/t7-/m0/s1. The predicted molar refractivity (Wildman–Crippen MR) is 76.5 cm³/mol. The zero-order chi connectivity index (χ0) is 13.7. The van der Waals surface area contributed by atoms with Crippen LogP contribution in [0.1, 0.15) is 16.6 Å². The van der Waals surface area contributed by atoms with E-state index in [0.29, 0.717) is 13.2 Å². The Morgan fingerprint density at radius 1 is 1.50 bits per heavy atom. The lowest BCUT2D eigenvalue weighted by molar-refractivity contribution is 0.0959. The van der Waals surface area contributed by atoms with Crippen molar-refractivity contribution in [3.8, 4) is 16.2 Å². The summed E-state index contributed by atoms with van der Waals surface area (Å²) >= 11 is 1.47. The molecule has 20 heavy (non-hydrogen) atoms. The Morgan fingerprint density at radius 2 is 2.40 bits per heavy atom. The summed E-state index contributed by atoms with van der Waals surface area (Å²) in [5.41, 5.74) is 1.90. The molecule has 0 unspecified atom stereocenters. The second-order valence-corrected chi connectivity index (χ2v) is 6.05. The summed E-state index contributed by atoms with van der Waals surface area (Å²) in [5.74, 6) is 0.808. The maximum Gasteiger partial charge on any atom is 0.263 e. The number of hydrogen-bond donors (Lipinski definition) is 2. The molecule has 2 aliphatic heterocycles. The van der Waals surface area contributed by atoms with E-state index in [0.717, 1.165) is 33.3 Å². The number of carbonyl (C=O) groups is 1. The summed E-state index contributed by atoms with van der Waals surface area (Å²) in [4.78, 5) is 16.2. The van der Waals surface area contributed by atoms with Crippen LogP contribution in [0.2, 0.25) is 0 Å². The number of rotatable bonds is 1. The van der Waals surface area contributed by atoms with Crippen LogP contribution in [0.4, 0.5) is 5.69 Å². The number of aromatic amines is 1. The topological polar surface area (TPSA) is 70.2 Å². The maximum atomic E-state index is 12.3. The first kappa shape index (κ1) is 11.8. The van der Waals surface area contributed by atoms with Crippen LogP contribution in [0.25, 0.3) is 10.4 Å². The molecule has 0 radical (unpaired) electrons. The monoisotopic (exact) mass is 290 g/mol. The highest BCUT2D eigenvalue weighted by Crippen LogP contribution is 2.50. The van der Waals surface area contributed by atoms with Crippen molar-refractivity contribution in [3.63, 3.8) is 0 Å². The number of aromatic nitrogens is 2. The van der Waals surface area contributed by atoms with Gasteiger partial charge in [-0.1, -0.05) is 0 Å². The molecule has 4 rings (SSSR count). The predicted octanol–water partition coefficient (Wildman–Crippen LogP) is 1.47. The van der Waals surface area contributed by atoms with Gasteiger partial charge in [0, 0.05) is 24.3 Å². The van der Waals surface area contributed by atoms with E-state index < -0.39 is 0 Å².